The van der Waals surface area contributed by atoms with Crippen LogP contribution in [-0.2, 0) is 24.2 Å². The lowest BCUT2D eigenvalue weighted by Gasteiger charge is -2.07. The van der Waals surface area contributed by atoms with Gasteiger partial charge in [-0.1, -0.05) is 11.8 Å². The number of rotatable bonds is 6. The van der Waals surface area contributed by atoms with E-state index in [0.717, 1.165) is 42.4 Å². The summed E-state index contributed by atoms with van der Waals surface area (Å²) in [6.07, 6.45) is 5.44. The first-order chi connectivity index (χ1) is 12.2. The van der Waals surface area contributed by atoms with Crippen molar-refractivity contribution >= 4 is 34.0 Å². The molecule has 0 aromatic carbocycles. The molecule has 1 saturated carbocycles. The lowest BCUT2D eigenvalue weighted by molar-refractivity contribution is -0.113. The van der Waals surface area contributed by atoms with E-state index in [1.165, 1.54) is 29.5 Å². The molecule has 2 aromatic rings. The van der Waals surface area contributed by atoms with E-state index in [4.69, 9.17) is 0 Å². The van der Waals surface area contributed by atoms with Gasteiger partial charge in [-0.3, -0.25) is 4.79 Å². The summed E-state index contributed by atoms with van der Waals surface area (Å²) in [6.45, 7) is 2.89. The maximum absolute atomic E-state index is 12.3. The molecule has 25 heavy (non-hydrogen) atoms. The van der Waals surface area contributed by atoms with Gasteiger partial charge in [0.05, 0.1) is 11.3 Å². The van der Waals surface area contributed by atoms with E-state index in [9.17, 15) is 10.1 Å². The Labute approximate surface area is 154 Å². The summed E-state index contributed by atoms with van der Waals surface area (Å²) in [7, 11) is 0. The molecule has 6 nitrogen and oxygen atoms in total. The first-order valence-corrected chi connectivity index (χ1v) is 10.4. The number of thioether (sulfide) groups is 1. The van der Waals surface area contributed by atoms with Crippen molar-refractivity contribution in [1.82, 2.24) is 14.8 Å². The zero-order valence-electron chi connectivity index (χ0n) is 14.0. The highest BCUT2D eigenvalue weighted by Crippen LogP contribution is 2.40. The van der Waals surface area contributed by atoms with E-state index in [2.05, 4.69) is 33.1 Å². The molecule has 0 spiro atoms. The van der Waals surface area contributed by atoms with Gasteiger partial charge >= 0.3 is 0 Å². The summed E-state index contributed by atoms with van der Waals surface area (Å²) in [5, 5.41) is 22.4. The second-order valence-electron chi connectivity index (χ2n) is 6.37. The molecule has 1 fully saturated rings. The van der Waals surface area contributed by atoms with Crippen molar-refractivity contribution in [3.63, 3.8) is 0 Å². The Morgan fingerprint density at radius 2 is 2.28 bits per heavy atom. The predicted octanol–water partition coefficient (Wildman–Crippen LogP) is 3.33. The number of fused-ring (bicyclic) bond motifs is 1. The number of anilines is 1. The molecule has 2 aromatic heterocycles. The van der Waals surface area contributed by atoms with E-state index in [0.29, 0.717) is 16.5 Å². The molecule has 0 aliphatic heterocycles. The van der Waals surface area contributed by atoms with Crippen LogP contribution in [0, 0.1) is 11.3 Å². The summed E-state index contributed by atoms with van der Waals surface area (Å²) in [6, 6.07) is 2.26. The van der Waals surface area contributed by atoms with Crippen LogP contribution in [0.1, 0.15) is 53.9 Å². The van der Waals surface area contributed by atoms with Crippen LogP contribution in [0.2, 0.25) is 0 Å². The Kier molecular flexibility index (Phi) is 4.52. The number of aromatic nitrogens is 3. The van der Waals surface area contributed by atoms with Crippen molar-refractivity contribution in [2.24, 2.45) is 0 Å². The summed E-state index contributed by atoms with van der Waals surface area (Å²) < 4.78 is 2.11. The van der Waals surface area contributed by atoms with Crippen LogP contribution in [0.3, 0.4) is 0 Å². The molecule has 0 radical (unpaired) electrons. The minimum atomic E-state index is -0.0972. The highest BCUT2D eigenvalue weighted by molar-refractivity contribution is 7.99. The molecule has 0 saturated heterocycles. The van der Waals surface area contributed by atoms with Crippen LogP contribution in [0.15, 0.2) is 5.16 Å². The Bertz CT molecular complexity index is 859. The maximum Gasteiger partial charge on any atom is 0.235 e. The molecule has 0 bridgehead atoms. The van der Waals surface area contributed by atoms with Gasteiger partial charge in [-0.05, 0) is 44.6 Å². The minimum Gasteiger partial charge on any atom is -0.316 e. The van der Waals surface area contributed by atoms with Gasteiger partial charge in [0.25, 0.3) is 0 Å². The molecule has 0 unspecified atom stereocenters. The number of carbonyl (C=O) groups excluding carboxylic acids is 1. The number of amides is 1. The summed E-state index contributed by atoms with van der Waals surface area (Å²) in [4.78, 5) is 13.6. The minimum absolute atomic E-state index is 0.0972. The van der Waals surface area contributed by atoms with E-state index in [1.807, 2.05) is 0 Å². The summed E-state index contributed by atoms with van der Waals surface area (Å²) >= 11 is 2.96. The number of nitriles is 1. The number of thiophene rings is 1. The van der Waals surface area contributed by atoms with Gasteiger partial charge < -0.3 is 9.88 Å². The summed E-state index contributed by atoms with van der Waals surface area (Å²) in [5.74, 6) is 1.77. The van der Waals surface area contributed by atoms with E-state index >= 15 is 0 Å². The Balaban J connectivity index is 1.41. The topological polar surface area (TPSA) is 83.6 Å². The smallest absolute Gasteiger partial charge is 0.235 e. The van der Waals surface area contributed by atoms with Crippen LogP contribution in [0.5, 0.6) is 0 Å². The number of nitrogens with one attached hydrogen (secondary N) is 1. The molecular weight excluding hydrogens is 354 g/mol. The third kappa shape index (κ3) is 3.18. The highest BCUT2D eigenvalue weighted by atomic mass is 32.2. The number of aryl methyl sites for hydroxylation is 1. The van der Waals surface area contributed by atoms with E-state index in [-0.39, 0.29) is 11.7 Å². The monoisotopic (exact) mass is 373 g/mol. The lowest BCUT2D eigenvalue weighted by atomic mass is 10.1. The Hall–Kier alpha value is -1.85. The van der Waals surface area contributed by atoms with Gasteiger partial charge in [0.15, 0.2) is 5.16 Å². The number of hydrogen-bond acceptors (Lipinski definition) is 6. The SMILES string of the molecule is CCn1c(SCC(=O)Nc2sc3c(c2C#N)CCC3)nnc1C1CC1. The van der Waals surface area contributed by atoms with Crippen molar-refractivity contribution in [3.8, 4) is 6.07 Å². The molecule has 2 heterocycles. The Morgan fingerprint density at radius 3 is 3.00 bits per heavy atom. The average Bonchev–Trinajstić information content (AvgIpc) is 3.07. The van der Waals surface area contributed by atoms with E-state index < -0.39 is 0 Å². The van der Waals surface area contributed by atoms with Gasteiger partial charge in [0.1, 0.15) is 16.9 Å². The van der Waals surface area contributed by atoms with Crippen molar-refractivity contribution in [2.45, 2.75) is 56.6 Å². The lowest BCUT2D eigenvalue weighted by Crippen LogP contribution is -2.14. The van der Waals surface area contributed by atoms with Gasteiger partial charge in [-0.25, -0.2) is 0 Å². The number of hydrogen-bond donors (Lipinski definition) is 1. The zero-order chi connectivity index (χ0) is 17.4. The van der Waals surface area contributed by atoms with Crippen molar-refractivity contribution in [3.05, 3.63) is 21.8 Å². The van der Waals surface area contributed by atoms with Crippen molar-refractivity contribution < 1.29 is 4.79 Å². The van der Waals surface area contributed by atoms with Gasteiger partial charge in [-0.2, -0.15) is 5.26 Å². The molecule has 0 atom stereocenters. The number of carbonyl (C=O) groups is 1. The first-order valence-electron chi connectivity index (χ1n) is 8.61. The highest BCUT2D eigenvalue weighted by Gasteiger charge is 2.30. The van der Waals surface area contributed by atoms with Crippen LogP contribution >= 0.6 is 23.1 Å². The fourth-order valence-corrected chi connectivity index (χ4v) is 5.32. The van der Waals surface area contributed by atoms with Crippen LogP contribution in [0.25, 0.3) is 0 Å². The maximum atomic E-state index is 12.3. The second kappa shape index (κ2) is 6.81. The molecule has 1 amide bonds. The average molecular weight is 374 g/mol. The Morgan fingerprint density at radius 1 is 1.44 bits per heavy atom. The van der Waals surface area contributed by atoms with Crippen LogP contribution in [-0.4, -0.2) is 26.4 Å². The third-order valence-electron chi connectivity index (χ3n) is 4.62. The number of nitrogens with zero attached hydrogens (tertiary/aromatic N) is 4. The standard InChI is InChI=1S/C17H19N5OS2/c1-2-22-15(10-6-7-10)20-21-17(22)24-9-14(23)19-16-12(8-18)11-4-3-5-13(11)25-16/h10H,2-7,9H2,1H3,(H,19,23). The molecule has 2 aliphatic carbocycles. The molecule has 1 N–H and O–H groups in total. The first kappa shape index (κ1) is 16.6. The molecular formula is C17H19N5OS2. The fraction of sp³-hybridized carbons (Fsp3) is 0.529. The van der Waals surface area contributed by atoms with E-state index in [1.54, 1.807) is 11.3 Å². The van der Waals surface area contributed by atoms with Crippen LogP contribution < -0.4 is 5.32 Å². The molecule has 8 heteroatoms. The summed E-state index contributed by atoms with van der Waals surface area (Å²) in [5.41, 5.74) is 1.79. The quantitative estimate of drug-likeness (QED) is 0.785. The van der Waals surface area contributed by atoms with Crippen molar-refractivity contribution in [2.75, 3.05) is 11.1 Å². The van der Waals surface area contributed by atoms with Crippen LogP contribution in [0.4, 0.5) is 5.00 Å². The normalized spacial score (nSPS) is 15.8. The second-order valence-corrected chi connectivity index (χ2v) is 8.42. The molecule has 130 valence electrons. The molecule has 4 rings (SSSR count). The van der Waals surface area contributed by atoms with Gasteiger partial charge in [-0.15, -0.1) is 21.5 Å². The predicted molar refractivity (Wildman–Crippen MR) is 98.1 cm³/mol. The van der Waals surface area contributed by atoms with Gasteiger partial charge in [0.2, 0.25) is 5.91 Å². The fourth-order valence-electron chi connectivity index (χ4n) is 3.25. The molecule has 2 aliphatic rings. The van der Waals surface area contributed by atoms with Crippen molar-refractivity contribution in [1.29, 1.82) is 5.26 Å². The van der Waals surface area contributed by atoms with Gasteiger partial charge in [0, 0.05) is 17.3 Å². The largest absolute Gasteiger partial charge is 0.316 e. The zero-order valence-corrected chi connectivity index (χ0v) is 15.7. The third-order valence-corrected chi connectivity index (χ3v) is 6.80.